The van der Waals surface area contributed by atoms with Crippen molar-refractivity contribution in [2.24, 2.45) is 0 Å². The second-order valence-electron chi connectivity index (χ2n) is 5.25. The highest BCUT2D eigenvalue weighted by Gasteiger charge is 2.37. The standard InChI is InChI=1S/C14H12F3N3O3S/c15-14(16,17)24(23)9-3-1-8(2-4-9)20-6-5-10-11(7-20)18-13(22)19-12(10)21/h1-4H,5-7H2,(H2,18,19,21,22). The summed E-state index contributed by atoms with van der Waals surface area (Å²) in [7, 11) is -3.07. The van der Waals surface area contributed by atoms with Gasteiger partial charge in [0, 0.05) is 28.4 Å². The Labute approximate surface area is 135 Å². The number of anilines is 1. The molecule has 0 fully saturated rings. The number of benzene rings is 1. The van der Waals surface area contributed by atoms with E-state index in [9.17, 15) is 27.0 Å². The largest absolute Gasteiger partial charge is 0.475 e. The van der Waals surface area contributed by atoms with Crippen LogP contribution in [0.5, 0.6) is 0 Å². The van der Waals surface area contributed by atoms with Gasteiger partial charge in [-0.05, 0) is 30.7 Å². The van der Waals surface area contributed by atoms with Crippen LogP contribution >= 0.6 is 0 Å². The number of fused-ring (bicyclic) bond motifs is 1. The lowest BCUT2D eigenvalue weighted by molar-refractivity contribution is -0.0384. The van der Waals surface area contributed by atoms with Crippen LogP contribution in [-0.4, -0.2) is 26.2 Å². The second kappa shape index (κ2) is 5.93. The number of hydrogen-bond acceptors (Lipinski definition) is 4. The van der Waals surface area contributed by atoms with Gasteiger partial charge in [0.1, 0.15) is 0 Å². The summed E-state index contributed by atoms with van der Waals surface area (Å²) in [4.78, 5) is 29.3. The molecule has 2 aromatic rings. The zero-order valence-corrected chi connectivity index (χ0v) is 13.0. The Bertz CT molecular complexity index is 902. The van der Waals surface area contributed by atoms with E-state index in [2.05, 4.69) is 9.97 Å². The number of nitrogens with zero attached hydrogens (tertiary/aromatic N) is 1. The fourth-order valence-electron chi connectivity index (χ4n) is 2.61. The van der Waals surface area contributed by atoms with Crippen LogP contribution in [0.2, 0.25) is 0 Å². The van der Waals surface area contributed by atoms with Gasteiger partial charge >= 0.3 is 11.2 Å². The first kappa shape index (κ1) is 16.5. The summed E-state index contributed by atoms with van der Waals surface area (Å²) < 4.78 is 48.6. The minimum Gasteiger partial charge on any atom is -0.365 e. The van der Waals surface area contributed by atoms with Crippen LogP contribution in [0, 0.1) is 0 Å². The maximum atomic E-state index is 12.5. The smallest absolute Gasteiger partial charge is 0.365 e. The van der Waals surface area contributed by atoms with Crippen molar-refractivity contribution < 1.29 is 17.4 Å². The molecule has 10 heteroatoms. The molecule has 6 nitrogen and oxygen atoms in total. The van der Waals surface area contributed by atoms with Crippen molar-refractivity contribution in [1.82, 2.24) is 9.97 Å². The molecule has 0 radical (unpaired) electrons. The van der Waals surface area contributed by atoms with Crippen LogP contribution in [0.1, 0.15) is 11.3 Å². The molecule has 1 unspecified atom stereocenters. The molecular formula is C14H12F3N3O3S. The number of aromatic amines is 2. The summed E-state index contributed by atoms with van der Waals surface area (Å²) in [6.45, 7) is 0.736. The average molecular weight is 359 g/mol. The van der Waals surface area contributed by atoms with E-state index in [0.29, 0.717) is 29.9 Å². The van der Waals surface area contributed by atoms with Gasteiger partial charge in [0.05, 0.1) is 6.54 Å². The Morgan fingerprint density at radius 2 is 1.75 bits per heavy atom. The number of alkyl halides is 3. The van der Waals surface area contributed by atoms with E-state index in [0.717, 1.165) is 12.1 Å². The molecule has 2 N–H and O–H groups in total. The van der Waals surface area contributed by atoms with E-state index in [1.807, 2.05) is 4.90 Å². The van der Waals surface area contributed by atoms with Crippen LogP contribution in [0.4, 0.5) is 18.9 Å². The molecule has 24 heavy (non-hydrogen) atoms. The van der Waals surface area contributed by atoms with Gasteiger partial charge in [0.2, 0.25) is 0 Å². The molecule has 0 saturated carbocycles. The normalized spacial score (nSPS) is 15.9. The summed E-state index contributed by atoms with van der Waals surface area (Å²) in [6.07, 6.45) is 0.400. The van der Waals surface area contributed by atoms with Crippen molar-refractivity contribution in [2.45, 2.75) is 23.4 Å². The van der Waals surface area contributed by atoms with E-state index >= 15 is 0 Å². The molecule has 0 saturated heterocycles. The predicted molar refractivity (Wildman–Crippen MR) is 81.3 cm³/mol. The van der Waals surface area contributed by atoms with E-state index in [-0.39, 0.29) is 11.4 Å². The molecule has 1 aromatic carbocycles. The first-order valence-electron chi connectivity index (χ1n) is 6.93. The molecule has 1 atom stereocenters. The Morgan fingerprint density at radius 1 is 1.08 bits per heavy atom. The third kappa shape index (κ3) is 3.14. The molecule has 0 aliphatic carbocycles. The zero-order chi connectivity index (χ0) is 17.5. The second-order valence-corrected chi connectivity index (χ2v) is 6.72. The summed E-state index contributed by atoms with van der Waals surface area (Å²) >= 11 is 0. The molecule has 0 spiro atoms. The number of hydrogen-bond donors (Lipinski definition) is 2. The Balaban J connectivity index is 1.85. The minimum atomic E-state index is -4.80. The van der Waals surface area contributed by atoms with E-state index < -0.39 is 27.6 Å². The average Bonchev–Trinajstić information content (AvgIpc) is 2.52. The predicted octanol–water partition coefficient (Wildman–Crippen LogP) is 1.25. The molecule has 3 rings (SSSR count). The van der Waals surface area contributed by atoms with Crippen molar-refractivity contribution in [3.8, 4) is 0 Å². The number of H-pyrrole nitrogens is 2. The Morgan fingerprint density at radius 3 is 2.38 bits per heavy atom. The highest BCUT2D eigenvalue weighted by molar-refractivity contribution is 7.86. The molecule has 0 bridgehead atoms. The van der Waals surface area contributed by atoms with Crippen molar-refractivity contribution in [3.63, 3.8) is 0 Å². The maximum Gasteiger partial charge on any atom is 0.475 e. The molecule has 2 heterocycles. The van der Waals surface area contributed by atoms with Gasteiger partial charge < -0.3 is 9.88 Å². The summed E-state index contributed by atoms with van der Waals surface area (Å²) in [5.41, 5.74) is -4.23. The van der Waals surface area contributed by atoms with Crippen LogP contribution in [0.3, 0.4) is 0 Å². The fourth-order valence-corrected chi connectivity index (χ4v) is 3.26. The van der Waals surface area contributed by atoms with Gasteiger partial charge in [-0.3, -0.25) is 9.78 Å². The lowest BCUT2D eigenvalue weighted by Gasteiger charge is -2.29. The lowest BCUT2D eigenvalue weighted by atomic mass is 10.1. The minimum absolute atomic E-state index is 0.260. The van der Waals surface area contributed by atoms with Crippen LogP contribution in [-0.2, 0) is 23.8 Å². The molecule has 0 amide bonds. The van der Waals surface area contributed by atoms with Gasteiger partial charge in [-0.25, -0.2) is 9.00 Å². The highest BCUT2D eigenvalue weighted by Crippen LogP contribution is 2.28. The van der Waals surface area contributed by atoms with Gasteiger partial charge in [-0.15, -0.1) is 0 Å². The monoisotopic (exact) mass is 359 g/mol. The van der Waals surface area contributed by atoms with E-state index in [1.54, 1.807) is 0 Å². The fraction of sp³-hybridized carbons (Fsp3) is 0.286. The number of rotatable bonds is 2. The van der Waals surface area contributed by atoms with Gasteiger partial charge in [0.15, 0.2) is 10.8 Å². The summed E-state index contributed by atoms with van der Waals surface area (Å²) in [6, 6.07) is 5.20. The van der Waals surface area contributed by atoms with Gasteiger partial charge in [-0.1, -0.05) is 0 Å². The summed E-state index contributed by atoms with van der Waals surface area (Å²) in [5.74, 6) is 0. The Hall–Kier alpha value is -2.36. The SMILES string of the molecule is O=c1[nH]c2c(c(=O)[nH]1)CCN(c1ccc(S(=O)C(F)(F)F)cc1)C2. The molecule has 1 aliphatic rings. The first-order chi connectivity index (χ1) is 11.3. The van der Waals surface area contributed by atoms with Crippen molar-refractivity contribution in [2.75, 3.05) is 11.4 Å². The van der Waals surface area contributed by atoms with Crippen LogP contribution in [0.25, 0.3) is 0 Å². The van der Waals surface area contributed by atoms with Crippen molar-refractivity contribution in [1.29, 1.82) is 0 Å². The highest BCUT2D eigenvalue weighted by atomic mass is 32.2. The molecule has 1 aromatic heterocycles. The van der Waals surface area contributed by atoms with Gasteiger partial charge in [-0.2, -0.15) is 13.2 Å². The molecular weight excluding hydrogens is 347 g/mol. The Kier molecular flexibility index (Phi) is 4.08. The quantitative estimate of drug-likeness (QED) is 0.845. The number of nitrogens with one attached hydrogen (secondary N) is 2. The first-order valence-corrected chi connectivity index (χ1v) is 8.08. The summed E-state index contributed by atoms with van der Waals surface area (Å²) in [5, 5.41) is 0. The van der Waals surface area contributed by atoms with Crippen LogP contribution in [0.15, 0.2) is 38.8 Å². The molecule has 1 aliphatic heterocycles. The van der Waals surface area contributed by atoms with Gasteiger partial charge in [0.25, 0.3) is 5.56 Å². The topological polar surface area (TPSA) is 86.0 Å². The number of halogens is 3. The maximum absolute atomic E-state index is 12.5. The third-order valence-corrected chi connectivity index (χ3v) is 4.86. The van der Waals surface area contributed by atoms with Crippen molar-refractivity contribution >= 4 is 16.5 Å². The van der Waals surface area contributed by atoms with E-state index in [1.165, 1.54) is 12.1 Å². The number of aromatic nitrogens is 2. The third-order valence-electron chi connectivity index (χ3n) is 3.74. The molecule has 128 valence electrons. The van der Waals surface area contributed by atoms with Crippen LogP contribution < -0.4 is 16.1 Å². The lowest BCUT2D eigenvalue weighted by Crippen LogP contribution is -2.38. The zero-order valence-electron chi connectivity index (χ0n) is 12.1. The van der Waals surface area contributed by atoms with E-state index in [4.69, 9.17) is 0 Å². The van der Waals surface area contributed by atoms with Crippen molar-refractivity contribution in [3.05, 3.63) is 56.4 Å².